The number of amides is 2. The molecule has 1 fully saturated rings. The third-order valence-corrected chi connectivity index (χ3v) is 4.82. The summed E-state index contributed by atoms with van der Waals surface area (Å²) < 4.78 is 5.76. The summed E-state index contributed by atoms with van der Waals surface area (Å²) in [6.07, 6.45) is 2.74. The lowest BCUT2D eigenvalue weighted by Crippen LogP contribution is -2.54. The average Bonchev–Trinajstić information content (AvgIpc) is 2.85. The molecule has 1 saturated heterocycles. The molecule has 5 nitrogen and oxygen atoms in total. The van der Waals surface area contributed by atoms with Gasteiger partial charge >= 0.3 is 6.03 Å². The van der Waals surface area contributed by atoms with Gasteiger partial charge in [-0.05, 0) is 27.2 Å². The summed E-state index contributed by atoms with van der Waals surface area (Å²) in [5.74, 6) is 0. The number of hydrogen-bond acceptors (Lipinski definition) is 4. The number of carbonyl (C=O) groups excluding carboxylic acids is 1. The quantitative estimate of drug-likeness (QED) is 0.933. The second-order valence-corrected chi connectivity index (χ2v) is 6.82. The Kier molecular flexibility index (Phi) is 4.65. The number of nitrogens with one attached hydrogen (secondary N) is 1. The summed E-state index contributed by atoms with van der Waals surface area (Å²) in [5.41, 5.74) is -0.226. The largest absolute Gasteiger partial charge is 0.372 e. The summed E-state index contributed by atoms with van der Waals surface area (Å²) in [5, 5.41) is 3.97. The molecule has 6 heteroatoms. The minimum absolute atomic E-state index is 0.0340. The molecule has 20 heavy (non-hydrogen) atoms. The summed E-state index contributed by atoms with van der Waals surface area (Å²) in [6, 6.07) is -0.0924. The molecule has 2 amide bonds. The Bertz CT molecular complexity index is 477. The van der Waals surface area contributed by atoms with Crippen molar-refractivity contribution in [3.63, 3.8) is 0 Å². The van der Waals surface area contributed by atoms with E-state index in [9.17, 15) is 4.79 Å². The van der Waals surface area contributed by atoms with Crippen molar-refractivity contribution in [3.8, 4) is 0 Å². The van der Waals surface area contributed by atoms with Crippen molar-refractivity contribution in [2.45, 2.75) is 45.8 Å². The molecular formula is C14H23N3O2S. The van der Waals surface area contributed by atoms with Gasteiger partial charge in [-0.1, -0.05) is 6.92 Å². The second kappa shape index (κ2) is 6.10. The van der Waals surface area contributed by atoms with Crippen LogP contribution in [0.3, 0.4) is 0 Å². The third kappa shape index (κ3) is 3.49. The number of hydrogen-bond donors (Lipinski definition) is 1. The van der Waals surface area contributed by atoms with Gasteiger partial charge in [-0.2, -0.15) is 0 Å². The highest BCUT2D eigenvalue weighted by atomic mass is 32.1. The number of urea groups is 1. The van der Waals surface area contributed by atoms with Crippen molar-refractivity contribution in [2.75, 3.05) is 19.7 Å². The Hall–Kier alpha value is -1.14. The van der Waals surface area contributed by atoms with Crippen molar-refractivity contribution in [1.82, 2.24) is 15.2 Å². The zero-order valence-corrected chi connectivity index (χ0v) is 13.4. The number of carbonyl (C=O) groups is 1. The summed E-state index contributed by atoms with van der Waals surface area (Å²) in [6.45, 7) is 10.0. The van der Waals surface area contributed by atoms with E-state index in [0.717, 1.165) is 16.3 Å². The van der Waals surface area contributed by atoms with E-state index in [4.69, 9.17) is 4.74 Å². The van der Waals surface area contributed by atoms with Gasteiger partial charge in [-0.3, -0.25) is 0 Å². The van der Waals surface area contributed by atoms with E-state index in [1.807, 2.05) is 24.9 Å². The maximum Gasteiger partial charge on any atom is 0.318 e. The Balaban J connectivity index is 1.94. The molecule has 2 atom stereocenters. The van der Waals surface area contributed by atoms with Crippen molar-refractivity contribution in [2.24, 2.45) is 0 Å². The van der Waals surface area contributed by atoms with Crippen molar-refractivity contribution < 1.29 is 9.53 Å². The van der Waals surface area contributed by atoms with Gasteiger partial charge in [-0.25, -0.2) is 9.78 Å². The minimum atomic E-state index is -0.226. The van der Waals surface area contributed by atoms with E-state index < -0.39 is 0 Å². The Labute approximate surface area is 124 Å². The lowest BCUT2D eigenvalue weighted by molar-refractivity contribution is -0.0874. The first-order valence-electron chi connectivity index (χ1n) is 7.05. The normalized spacial score (nSPS) is 24.5. The van der Waals surface area contributed by atoms with Gasteiger partial charge in [0.2, 0.25) is 0 Å². The first kappa shape index (κ1) is 15.3. The number of morpholine rings is 1. The molecule has 112 valence electrons. The van der Waals surface area contributed by atoms with Gasteiger partial charge in [0.25, 0.3) is 0 Å². The average molecular weight is 297 g/mol. The van der Waals surface area contributed by atoms with E-state index in [0.29, 0.717) is 19.7 Å². The molecule has 0 saturated carbocycles. The molecule has 0 bridgehead atoms. The lowest BCUT2D eigenvalue weighted by atomic mass is 10.0. The first-order chi connectivity index (χ1) is 9.43. The fourth-order valence-corrected chi connectivity index (χ4v) is 3.00. The molecule has 1 aliphatic heterocycles. The van der Waals surface area contributed by atoms with E-state index in [1.54, 1.807) is 11.3 Å². The highest BCUT2D eigenvalue weighted by Crippen LogP contribution is 2.22. The van der Waals surface area contributed by atoms with E-state index >= 15 is 0 Å². The van der Waals surface area contributed by atoms with Gasteiger partial charge in [0.15, 0.2) is 0 Å². The number of thiazole rings is 1. The van der Waals surface area contributed by atoms with Crippen LogP contribution in [0, 0.1) is 6.92 Å². The van der Waals surface area contributed by atoms with Crippen LogP contribution in [0.1, 0.15) is 43.1 Å². The zero-order valence-electron chi connectivity index (χ0n) is 12.6. The third-order valence-electron chi connectivity index (χ3n) is 3.72. The monoisotopic (exact) mass is 297 g/mol. The van der Waals surface area contributed by atoms with Crippen LogP contribution in [-0.2, 0) is 4.74 Å². The predicted molar refractivity (Wildman–Crippen MR) is 80.0 cm³/mol. The summed E-state index contributed by atoms with van der Waals surface area (Å²) in [7, 11) is 0. The molecule has 1 aromatic rings. The standard InChI is InChI=1S/C14H23N3O2S/c1-5-14(4)9-17(6-7-19-14)13(18)16-11(3)12-15-8-10(2)20-12/h8,11H,5-7,9H2,1-4H3,(H,16,18)/t11-,14+/m0/s1. The van der Waals surface area contributed by atoms with Crippen LogP contribution in [0.25, 0.3) is 0 Å². The van der Waals surface area contributed by atoms with Crippen LogP contribution in [-0.4, -0.2) is 41.2 Å². The fourth-order valence-electron chi connectivity index (χ4n) is 2.23. The summed E-state index contributed by atoms with van der Waals surface area (Å²) in [4.78, 5) is 19.6. The number of aromatic nitrogens is 1. The highest BCUT2D eigenvalue weighted by Gasteiger charge is 2.33. The number of ether oxygens (including phenoxy) is 1. The number of aryl methyl sites for hydroxylation is 1. The fraction of sp³-hybridized carbons (Fsp3) is 0.714. The van der Waals surface area contributed by atoms with Crippen LogP contribution in [0.4, 0.5) is 4.79 Å². The van der Waals surface area contributed by atoms with Gasteiger partial charge in [0, 0.05) is 17.6 Å². The predicted octanol–water partition coefficient (Wildman–Crippen LogP) is 2.72. The lowest BCUT2D eigenvalue weighted by Gasteiger charge is -2.40. The van der Waals surface area contributed by atoms with Gasteiger partial charge in [0.05, 0.1) is 24.8 Å². The van der Waals surface area contributed by atoms with Gasteiger partial charge < -0.3 is 15.0 Å². The van der Waals surface area contributed by atoms with Gasteiger partial charge in [-0.15, -0.1) is 11.3 Å². The highest BCUT2D eigenvalue weighted by molar-refractivity contribution is 7.11. The molecule has 0 aliphatic carbocycles. The molecule has 1 aromatic heterocycles. The Morgan fingerprint density at radius 3 is 3.05 bits per heavy atom. The first-order valence-corrected chi connectivity index (χ1v) is 7.87. The Morgan fingerprint density at radius 2 is 2.45 bits per heavy atom. The van der Waals surface area contributed by atoms with E-state index in [1.165, 1.54) is 0 Å². The molecule has 2 heterocycles. The minimum Gasteiger partial charge on any atom is -0.372 e. The van der Waals surface area contributed by atoms with Crippen molar-refractivity contribution in [3.05, 3.63) is 16.1 Å². The zero-order chi connectivity index (χ0) is 14.8. The topological polar surface area (TPSA) is 54.5 Å². The Morgan fingerprint density at radius 1 is 1.70 bits per heavy atom. The second-order valence-electron chi connectivity index (χ2n) is 5.55. The molecule has 0 spiro atoms. The van der Waals surface area contributed by atoms with E-state index in [-0.39, 0.29) is 17.7 Å². The smallest absolute Gasteiger partial charge is 0.318 e. The maximum atomic E-state index is 12.3. The number of nitrogens with zero attached hydrogens (tertiary/aromatic N) is 2. The van der Waals surface area contributed by atoms with Crippen molar-refractivity contribution in [1.29, 1.82) is 0 Å². The summed E-state index contributed by atoms with van der Waals surface area (Å²) >= 11 is 1.62. The molecule has 0 radical (unpaired) electrons. The van der Waals surface area contributed by atoms with Crippen LogP contribution in [0.5, 0.6) is 0 Å². The van der Waals surface area contributed by atoms with Crippen molar-refractivity contribution >= 4 is 17.4 Å². The molecule has 1 aliphatic rings. The van der Waals surface area contributed by atoms with Crippen LogP contribution >= 0.6 is 11.3 Å². The maximum absolute atomic E-state index is 12.3. The van der Waals surface area contributed by atoms with Gasteiger partial charge in [0.1, 0.15) is 5.01 Å². The molecular weight excluding hydrogens is 274 g/mol. The van der Waals surface area contributed by atoms with E-state index in [2.05, 4.69) is 24.1 Å². The molecule has 1 N–H and O–H groups in total. The van der Waals surface area contributed by atoms with Crippen LogP contribution < -0.4 is 5.32 Å². The molecule has 0 unspecified atom stereocenters. The molecule has 2 rings (SSSR count). The SMILES string of the molecule is CC[C@]1(C)CN(C(=O)N[C@@H](C)c2ncc(C)s2)CCO1. The van der Waals surface area contributed by atoms with Crippen LogP contribution in [0.2, 0.25) is 0 Å². The molecule has 0 aromatic carbocycles. The van der Waals surface area contributed by atoms with Crippen LogP contribution in [0.15, 0.2) is 6.20 Å². The number of rotatable bonds is 3.